The van der Waals surface area contributed by atoms with E-state index in [1.165, 1.54) is 50.4 Å². The van der Waals surface area contributed by atoms with E-state index in [1.54, 1.807) is 0 Å². The molecule has 3 heteroatoms. The third-order valence-electron chi connectivity index (χ3n) is 4.71. The summed E-state index contributed by atoms with van der Waals surface area (Å²) in [6, 6.07) is 8.76. The van der Waals surface area contributed by atoms with Gasteiger partial charge in [-0.2, -0.15) is 0 Å². The maximum absolute atomic E-state index is 3.54. The van der Waals surface area contributed by atoms with Gasteiger partial charge in [-0.1, -0.05) is 39.0 Å². The fourth-order valence-electron chi connectivity index (χ4n) is 3.27. The van der Waals surface area contributed by atoms with Crippen LogP contribution in [0.25, 0.3) is 0 Å². The van der Waals surface area contributed by atoms with E-state index in [4.69, 9.17) is 0 Å². The number of nitrogens with one attached hydrogen (secondary N) is 1. The van der Waals surface area contributed by atoms with Crippen LogP contribution in [0.2, 0.25) is 0 Å². The summed E-state index contributed by atoms with van der Waals surface area (Å²) in [7, 11) is 0. The van der Waals surface area contributed by atoms with E-state index in [9.17, 15) is 0 Å². The van der Waals surface area contributed by atoms with Gasteiger partial charge < -0.3 is 15.1 Å². The zero-order valence-corrected chi connectivity index (χ0v) is 13.9. The molecule has 0 saturated carbocycles. The Morgan fingerprint density at radius 3 is 2.38 bits per heavy atom. The summed E-state index contributed by atoms with van der Waals surface area (Å²) >= 11 is 0. The number of nitrogens with zero attached hydrogens (tertiary/aromatic N) is 2. The first-order valence-electron chi connectivity index (χ1n) is 8.55. The third-order valence-corrected chi connectivity index (χ3v) is 4.71. The molecule has 21 heavy (non-hydrogen) atoms. The van der Waals surface area contributed by atoms with Crippen LogP contribution in [0.1, 0.15) is 38.7 Å². The van der Waals surface area contributed by atoms with Crippen LogP contribution in [-0.4, -0.2) is 55.6 Å². The van der Waals surface area contributed by atoms with Gasteiger partial charge in [-0.3, -0.25) is 0 Å². The molecule has 1 aliphatic heterocycles. The van der Waals surface area contributed by atoms with Crippen molar-refractivity contribution in [3.8, 4) is 0 Å². The number of rotatable bonds is 9. The lowest BCUT2D eigenvalue weighted by Crippen LogP contribution is -2.33. The Kier molecular flexibility index (Phi) is 6.52. The molecule has 118 valence electrons. The minimum absolute atomic E-state index is 0.648. The summed E-state index contributed by atoms with van der Waals surface area (Å²) in [5, 5.41) is 3.54. The summed E-state index contributed by atoms with van der Waals surface area (Å²) < 4.78 is 0. The Hall–Kier alpha value is -1.06. The summed E-state index contributed by atoms with van der Waals surface area (Å²) in [4.78, 5) is 5.12. The largest absolute Gasteiger partial charge is 0.384 e. The number of likely N-dealkylation sites (N-methyl/N-ethyl adjacent to an activating group) is 1. The van der Waals surface area contributed by atoms with Gasteiger partial charge in [-0.05, 0) is 50.8 Å². The third kappa shape index (κ3) is 4.45. The molecular weight excluding hydrogens is 258 g/mol. The van der Waals surface area contributed by atoms with Gasteiger partial charge in [-0.15, -0.1) is 0 Å². The Bertz CT molecular complexity index is 415. The molecule has 0 aromatic heterocycles. The van der Waals surface area contributed by atoms with E-state index >= 15 is 0 Å². The molecule has 1 aromatic carbocycles. The molecule has 1 aromatic rings. The Balaban J connectivity index is 1.80. The standard InChI is InChI=1S/C18H31N3/c1-4-20(5-2)12-9-13-21(6-3)15-16-14-19-18-11-8-7-10-17(16)18/h7-8,10-11,16,19H,4-6,9,12-15H2,1-3H3. The fraction of sp³-hybridized carbons (Fsp3) is 0.667. The van der Waals surface area contributed by atoms with Crippen molar-refractivity contribution in [3.05, 3.63) is 29.8 Å². The molecular formula is C18H31N3. The van der Waals surface area contributed by atoms with Gasteiger partial charge in [0.05, 0.1) is 0 Å². The van der Waals surface area contributed by atoms with Gasteiger partial charge in [0, 0.05) is 24.7 Å². The van der Waals surface area contributed by atoms with Gasteiger partial charge in [0.2, 0.25) is 0 Å². The smallest absolute Gasteiger partial charge is 0.0376 e. The van der Waals surface area contributed by atoms with Gasteiger partial charge in [0.15, 0.2) is 0 Å². The summed E-state index contributed by atoms with van der Waals surface area (Å²) in [5.74, 6) is 0.648. The highest BCUT2D eigenvalue weighted by molar-refractivity contribution is 5.57. The highest BCUT2D eigenvalue weighted by atomic mass is 15.1. The van der Waals surface area contributed by atoms with Gasteiger partial charge in [0.1, 0.15) is 0 Å². The second-order valence-electron chi connectivity index (χ2n) is 5.94. The van der Waals surface area contributed by atoms with E-state index in [2.05, 4.69) is 60.2 Å². The molecule has 0 saturated heterocycles. The van der Waals surface area contributed by atoms with Crippen molar-refractivity contribution in [1.82, 2.24) is 9.80 Å². The molecule has 1 unspecified atom stereocenters. The molecule has 1 heterocycles. The quantitative estimate of drug-likeness (QED) is 0.753. The Morgan fingerprint density at radius 1 is 1.00 bits per heavy atom. The number of benzene rings is 1. The first kappa shape index (κ1) is 16.3. The maximum Gasteiger partial charge on any atom is 0.0376 e. The average Bonchev–Trinajstić information content (AvgIpc) is 2.93. The summed E-state index contributed by atoms with van der Waals surface area (Å²) in [6.45, 7) is 15.0. The predicted molar refractivity (Wildman–Crippen MR) is 92.2 cm³/mol. The van der Waals surface area contributed by atoms with Crippen molar-refractivity contribution in [3.63, 3.8) is 0 Å². The number of hydrogen-bond donors (Lipinski definition) is 1. The predicted octanol–water partition coefficient (Wildman–Crippen LogP) is 3.25. The van der Waals surface area contributed by atoms with Crippen LogP contribution >= 0.6 is 0 Å². The molecule has 0 amide bonds. The first-order valence-corrected chi connectivity index (χ1v) is 8.55. The first-order chi connectivity index (χ1) is 10.3. The summed E-state index contributed by atoms with van der Waals surface area (Å²) in [6.07, 6.45) is 1.28. The van der Waals surface area contributed by atoms with E-state index < -0.39 is 0 Å². The van der Waals surface area contributed by atoms with E-state index in [1.807, 2.05) is 0 Å². The topological polar surface area (TPSA) is 18.5 Å². The molecule has 0 fully saturated rings. The number of anilines is 1. The zero-order valence-electron chi connectivity index (χ0n) is 13.9. The summed E-state index contributed by atoms with van der Waals surface area (Å²) in [5.41, 5.74) is 2.83. The minimum atomic E-state index is 0.648. The van der Waals surface area contributed by atoms with Crippen LogP contribution < -0.4 is 5.32 Å². The fourth-order valence-corrected chi connectivity index (χ4v) is 3.27. The average molecular weight is 289 g/mol. The maximum atomic E-state index is 3.54. The molecule has 0 spiro atoms. The van der Waals surface area contributed by atoms with Gasteiger partial charge in [-0.25, -0.2) is 0 Å². The lowest BCUT2D eigenvalue weighted by molar-refractivity contribution is 0.236. The van der Waals surface area contributed by atoms with Crippen LogP contribution in [0.5, 0.6) is 0 Å². The lowest BCUT2D eigenvalue weighted by Gasteiger charge is -2.25. The SMILES string of the molecule is CCN(CC)CCCN(CC)CC1CNc2ccccc21. The molecule has 1 atom stereocenters. The molecule has 1 N–H and O–H groups in total. The van der Waals surface area contributed by atoms with Crippen LogP contribution in [0, 0.1) is 0 Å². The molecule has 0 radical (unpaired) electrons. The molecule has 2 rings (SSSR count). The van der Waals surface area contributed by atoms with Crippen LogP contribution in [0.4, 0.5) is 5.69 Å². The minimum Gasteiger partial charge on any atom is -0.384 e. The van der Waals surface area contributed by atoms with Crippen molar-refractivity contribution < 1.29 is 0 Å². The van der Waals surface area contributed by atoms with E-state index in [-0.39, 0.29) is 0 Å². The van der Waals surface area contributed by atoms with Crippen molar-refractivity contribution in [2.75, 3.05) is 51.1 Å². The second-order valence-corrected chi connectivity index (χ2v) is 5.94. The molecule has 0 bridgehead atoms. The van der Waals surface area contributed by atoms with Crippen LogP contribution in [0.3, 0.4) is 0 Å². The molecule has 1 aliphatic rings. The Labute approximate surface area is 130 Å². The zero-order chi connectivity index (χ0) is 15.1. The monoisotopic (exact) mass is 289 g/mol. The number of hydrogen-bond acceptors (Lipinski definition) is 3. The molecule has 3 nitrogen and oxygen atoms in total. The van der Waals surface area contributed by atoms with Crippen molar-refractivity contribution in [1.29, 1.82) is 0 Å². The van der Waals surface area contributed by atoms with Crippen molar-refractivity contribution >= 4 is 5.69 Å². The normalized spacial score (nSPS) is 17.3. The van der Waals surface area contributed by atoms with E-state index in [0.717, 1.165) is 13.1 Å². The van der Waals surface area contributed by atoms with Gasteiger partial charge >= 0.3 is 0 Å². The highest BCUT2D eigenvalue weighted by Gasteiger charge is 2.23. The second kappa shape index (κ2) is 8.40. The van der Waals surface area contributed by atoms with Crippen molar-refractivity contribution in [2.24, 2.45) is 0 Å². The number of fused-ring (bicyclic) bond motifs is 1. The Morgan fingerprint density at radius 2 is 1.67 bits per heavy atom. The lowest BCUT2D eigenvalue weighted by atomic mass is 10.0. The van der Waals surface area contributed by atoms with Crippen molar-refractivity contribution in [2.45, 2.75) is 33.1 Å². The highest BCUT2D eigenvalue weighted by Crippen LogP contribution is 2.31. The van der Waals surface area contributed by atoms with E-state index in [0.29, 0.717) is 5.92 Å². The van der Waals surface area contributed by atoms with Crippen LogP contribution in [-0.2, 0) is 0 Å². The molecule has 0 aliphatic carbocycles. The van der Waals surface area contributed by atoms with Crippen LogP contribution in [0.15, 0.2) is 24.3 Å². The van der Waals surface area contributed by atoms with Gasteiger partial charge in [0.25, 0.3) is 0 Å². The number of para-hydroxylation sites is 1.